The SMILES string of the molecule is N#Cc1ccc(-c2ccc3cc(-c4ccc5c(c4)C(c4ccccc4)(c4ccccc4)c4cc(-c6c[n+](-c7ccccc7)cc(-c7ccccc7)n6)ccc4-5)ccc3c2)cc1. The van der Waals surface area contributed by atoms with Gasteiger partial charge in [-0.1, -0.05) is 170 Å². The van der Waals surface area contributed by atoms with Gasteiger partial charge in [0.25, 0.3) is 0 Å². The molecule has 0 aliphatic heterocycles. The molecule has 284 valence electrons. The maximum absolute atomic E-state index is 9.29. The van der Waals surface area contributed by atoms with E-state index in [4.69, 9.17) is 4.98 Å². The lowest BCUT2D eigenvalue weighted by Crippen LogP contribution is -2.31. The Labute approximate surface area is 355 Å². The molecule has 1 aliphatic rings. The molecule has 9 aromatic carbocycles. The average Bonchev–Trinajstić information content (AvgIpc) is 3.64. The van der Waals surface area contributed by atoms with Crippen LogP contribution in [0.1, 0.15) is 27.8 Å². The van der Waals surface area contributed by atoms with E-state index in [0.717, 1.165) is 39.3 Å². The zero-order chi connectivity index (χ0) is 40.8. The predicted octanol–water partition coefficient (Wildman–Crippen LogP) is 13.4. The summed E-state index contributed by atoms with van der Waals surface area (Å²) in [6.07, 6.45) is 4.28. The van der Waals surface area contributed by atoms with Crippen molar-refractivity contribution in [3.63, 3.8) is 0 Å². The average molecular weight is 777 g/mol. The van der Waals surface area contributed by atoms with E-state index in [1.165, 1.54) is 55.3 Å². The molecule has 0 amide bonds. The fraction of sp³-hybridized carbons (Fsp3) is 0.0172. The summed E-state index contributed by atoms with van der Waals surface area (Å²) < 4.78 is 2.19. The van der Waals surface area contributed by atoms with Gasteiger partial charge in [-0.3, -0.25) is 0 Å². The van der Waals surface area contributed by atoms with E-state index in [0.29, 0.717) is 5.56 Å². The summed E-state index contributed by atoms with van der Waals surface area (Å²) in [5.41, 5.74) is 17.0. The Morgan fingerprint density at radius 3 is 1.41 bits per heavy atom. The highest BCUT2D eigenvalue weighted by atomic mass is 15.0. The van der Waals surface area contributed by atoms with Gasteiger partial charge in [0.1, 0.15) is 11.4 Å². The molecule has 11 rings (SSSR count). The van der Waals surface area contributed by atoms with Gasteiger partial charge in [0.2, 0.25) is 18.1 Å². The lowest BCUT2D eigenvalue weighted by molar-refractivity contribution is -0.595. The van der Waals surface area contributed by atoms with Crippen molar-refractivity contribution in [1.82, 2.24) is 4.98 Å². The Morgan fingerprint density at radius 2 is 0.836 bits per heavy atom. The van der Waals surface area contributed by atoms with E-state index in [1.54, 1.807) is 0 Å². The van der Waals surface area contributed by atoms with Gasteiger partial charge in [0, 0.05) is 23.3 Å². The standard InChI is InChI=1S/C58H38N3/c59-37-40-21-23-41(24-22-40)43-25-26-45-34-46(28-27-44(45)33-43)47-29-31-52-53-32-30-48(57-39-61(51-19-11-4-12-20-51)38-56(60-57)42-13-5-1-6-14-42)36-55(53)58(54(52)35-47,49-15-7-2-8-16-49)50-17-9-3-10-18-50/h1-36,38-39H/q+1. The lowest BCUT2D eigenvalue weighted by atomic mass is 9.67. The zero-order valence-corrected chi connectivity index (χ0v) is 33.3. The summed E-state index contributed by atoms with van der Waals surface area (Å²) in [5, 5.41) is 11.6. The van der Waals surface area contributed by atoms with Crippen LogP contribution in [0.4, 0.5) is 0 Å². The van der Waals surface area contributed by atoms with Gasteiger partial charge in [-0.25, -0.2) is 4.98 Å². The van der Waals surface area contributed by atoms with Gasteiger partial charge in [-0.05, 0) is 103 Å². The molecule has 0 radical (unpaired) electrons. The minimum atomic E-state index is -0.599. The third kappa shape index (κ3) is 6.22. The second kappa shape index (κ2) is 14.9. The van der Waals surface area contributed by atoms with Crippen molar-refractivity contribution < 1.29 is 4.57 Å². The van der Waals surface area contributed by atoms with Crippen molar-refractivity contribution in [2.75, 3.05) is 0 Å². The molecule has 0 spiro atoms. The van der Waals surface area contributed by atoms with Gasteiger partial charge in [-0.2, -0.15) is 9.83 Å². The highest BCUT2D eigenvalue weighted by molar-refractivity contribution is 5.93. The van der Waals surface area contributed by atoms with Crippen LogP contribution in [0.15, 0.2) is 231 Å². The van der Waals surface area contributed by atoms with E-state index in [-0.39, 0.29) is 0 Å². The molecule has 0 fully saturated rings. The maximum Gasteiger partial charge on any atom is 0.210 e. The van der Waals surface area contributed by atoms with E-state index in [9.17, 15) is 5.26 Å². The van der Waals surface area contributed by atoms with Crippen LogP contribution >= 0.6 is 0 Å². The van der Waals surface area contributed by atoms with E-state index < -0.39 is 5.41 Å². The molecule has 3 heteroatoms. The molecule has 0 atom stereocenters. The van der Waals surface area contributed by atoms with Gasteiger partial charge in [0.15, 0.2) is 0 Å². The number of hydrogen-bond donors (Lipinski definition) is 0. The van der Waals surface area contributed by atoms with Crippen molar-refractivity contribution in [3.05, 3.63) is 259 Å². The topological polar surface area (TPSA) is 40.6 Å². The molecule has 1 heterocycles. The van der Waals surface area contributed by atoms with E-state index >= 15 is 0 Å². The largest absolute Gasteiger partial charge is 0.235 e. The number of benzene rings is 9. The summed E-state index contributed by atoms with van der Waals surface area (Å²) in [6, 6.07) is 80.3. The predicted molar refractivity (Wildman–Crippen MR) is 247 cm³/mol. The summed E-state index contributed by atoms with van der Waals surface area (Å²) in [7, 11) is 0. The van der Waals surface area contributed by atoms with Crippen molar-refractivity contribution in [2.24, 2.45) is 0 Å². The molecule has 1 aromatic heterocycles. The van der Waals surface area contributed by atoms with E-state index in [2.05, 4.69) is 211 Å². The molecule has 0 N–H and O–H groups in total. The lowest BCUT2D eigenvalue weighted by Gasteiger charge is -2.34. The molecule has 0 unspecified atom stereocenters. The number of nitrogens with zero attached hydrogens (tertiary/aromatic N) is 3. The number of rotatable bonds is 7. The first kappa shape index (κ1) is 35.9. The zero-order valence-electron chi connectivity index (χ0n) is 33.3. The normalized spacial score (nSPS) is 12.4. The number of para-hydroxylation sites is 1. The van der Waals surface area contributed by atoms with Crippen molar-refractivity contribution in [1.29, 1.82) is 5.26 Å². The van der Waals surface area contributed by atoms with Crippen LogP contribution in [0.25, 0.3) is 72.4 Å². The Hall–Kier alpha value is -8.19. The highest BCUT2D eigenvalue weighted by Gasteiger charge is 2.46. The van der Waals surface area contributed by atoms with Crippen molar-refractivity contribution >= 4 is 10.8 Å². The molecule has 0 saturated carbocycles. The minimum absolute atomic E-state index is 0.599. The quantitative estimate of drug-likeness (QED) is 0.151. The first-order valence-electron chi connectivity index (χ1n) is 20.7. The van der Waals surface area contributed by atoms with Crippen LogP contribution in [0.5, 0.6) is 0 Å². The Morgan fingerprint density at radius 1 is 0.393 bits per heavy atom. The summed E-state index contributed by atoms with van der Waals surface area (Å²) >= 11 is 0. The Balaban J connectivity index is 1.09. The van der Waals surface area contributed by atoms with Crippen LogP contribution < -0.4 is 4.57 Å². The molecule has 3 nitrogen and oxygen atoms in total. The Bertz CT molecular complexity index is 3180. The number of hydrogen-bond acceptors (Lipinski definition) is 2. The van der Waals surface area contributed by atoms with Gasteiger partial charge in [-0.15, -0.1) is 0 Å². The molecule has 10 aromatic rings. The van der Waals surface area contributed by atoms with Crippen LogP contribution in [0.2, 0.25) is 0 Å². The van der Waals surface area contributed by atoms with Crippen molar-refractivity contribution in [3.8, 4) is 67.7 Å². The van der Waals surface area contributed by atoms with Crippen LogP contribution in [0.3, 0.4) is 0 Å². The second-order valence-electron chi connectivity index (χ2n) is 15.7. The second-order valence-corrected chi connectivity index (χ2v) is 15.7. The molecular formula is C58H38N3+. The fourth-order valence-electron chi connectivity index (χ4n) is 9.29. The summed E-state index contributed by atoms with van der Waals surface area (Å²) in [6.45, 7) is 0. The van der Waals surface area contributed by atoms with Crippen molar-refractivity contribution in [2.45, 2.75) is 5.41 Å². The van der Waals surface area contributed by atoms with Crippen LogP contribution in [-0.4, -0.2) is 4.98 Å². The van der Waals surface area contributed by atoms with Gasteiger partial charge >= 0.3 is 0 Å². The van der Waals surface area contributed by atoms with Gasteiger partial charge in [0.05, 0.1) is 17.0 Å². The molecule has 61 heavy (non-hydrogen) atoms. The summed E-state index contributed by atoms with van der Waals surface area (Å²) in [5.74, 6) is 0. The smallest absolute Gasteiger partial charge is 0.210 e. The molecule has 1 aliphatic carbocycles. The molecule has 0 saturated heterocycles. The monoisotopic (exact) mass is 776 g/mol. The fourth-order valence-corrected chi connectivity index (χ4v) is 9.29. The van der Waals surface area contributed by atoms with Crippen LogP contribution in [0, 0.1) is 11.3 Å². The third-order valence-electron chi connectivity index (χ3n) is 12.3. The first-order chi connectivity index (χ1) is 30.2. The molecule has 0 bridgehead atoms. The highest BCUT2D eigenvalue weighted by Crippen LogP contribution is 2.57. The minimum Gasteiger partial charge on any atom is -0.235 e. The number of nitriles is 1. The van der Waals surface area contributed by atoms with E-state index in [1.807, 2.05) is 30.3 Å². The summed E-state index contributed by atoms with van der Waals surface area (Å²) in [4.78, 5) is 5.34. The van der Waals surface area contributed by atoms with Crippen LogP contribution in [-0.2, 0) is 5.41 Å². The first-order valence-corrected chi connectivity index (χ1v) is 20.7. The number of aromatic nitrogens is 2. The third-order valence-corrected chi connectivity index (χ3v) is 12.3. The van der Waals surface area contributed by atoms with Gasteiger partial charge < -0.3 is 0 Å². The number of fused-ring (bicyclic) bond motifs is 4. The maximum atomic E-state index is 9.29. The molecular weight excluding hydrogens is 739 g/mol. The Kier molecular flexibility index (Phi) is 8.77.